The number of carboxylic acid groups (broad SMARTS) is 1. The number of aromatic nitrogens is 2. The van der Waals surface area contributed by atoms with E-state index >= 15 is 0 Å². The molecular weight excluding hydrogens is 390 g/mol. The number of rotatable bonds is 13. The third-order valence-corrected chi connectivity index (χ3v) is 5.09. The van der Waals surface area contributed by atoms with Gasteiger partial charge in [-0.15, -0.1) is 0 Å². The summed E-state index contributed by atoms with van der Waals surface area (Å²) in [6.45, 7) is 0. The predicted octanol–water partition coefficient (Wildman–Crippen LogP) is -0.160. The normalized spacial score (nSPS) is 14.2. The zero-order chi connectivity index (χ0) is 20.2. The molecule has 6 N–H and O–H groups in total. The first kappa shape index (κ1) is 23.3. The van der Waals surface area contributed by atoms with Crippen LogP contribution in [0.2, 0.25) is 0 Å². The van der Waals surface area contributed by atoms with Crippen LogP contribution in [0.15, 0.2) is 12.5 Å². The number of carbonyl (C=O) groups is 3. The first-order chi connectivity index (χ1) is 12.9. The Hall–Kier alpha value is -1.72. The van der Waals surface area contributed by atoms with E-state index in [9.17, 15) is 19.5 Å². The Balaban J connectivity index is 2.73. The minimum atomic E-state index is -1.16. The smallest absolute Gasteiger partial charge is 0.326 e. The minimum absolute atomic E-state index is 0.0670. The van der Waals surface area contributed by atoms with E-state index in [0.29, 0.717) is 24.3 Å². The molecular formula is C16H27N5O4S2. The van der Waals surface area contributed by atoms with Gasteiger partial charge in [0, 0.05) is 18.3 Å². The van der Waals surface area contributed by atoms with Crippen molar-refractivity contribution < 1.29 is 19.5 Å². The number of hydrogen-bond acceptors (Lipinski definition) is 7. The van der Waals surface area contributed by atoms with Gasteiger partial charge in [-0.05, 0) is 36.9 Å². The maximum Gasteiger partial charge on any atom is 0.326 e. The van der Waals surface area contributed by atoms with Crippen LogP contribution in [0.4, 0.5) is 0 Å². The number of aliphatic carboxylic acids is 1. The standard InChI is InChI=1S/C16H27N5O4S2/c1-26-5-3-11(17)14(22)20-12(4-6-27-2)15(23)21-13(16(24)25)7-10-8-18-9-19-10/h8-9,11-13H,3-7,17H2,1-2H3,(H,18,19)(H,20,22)(H,21,23)(H,24,25). The summed E-state index contributed by atoms with van der Waals surface area (Å²) >= 11 is 3.11. The lowest BCUT2D eigenvalue weighted by molar-refractivity contribution is -0.142. The van der Waals surface area contributed by atoms with Crippen LogP contribution in [-0.2, 0) is 20.8 Å². The summed E-state index contributed by atoms with van der Waals surface area (Å²) in [4.78, 5) is 43.0. The van der Waals surface area contributed by atoms with Gasteiger partial charge in [0.05, 0.1) is 12.4 Å². The highest BCUT2D eigenvalue weighted by atomic mass is 32.2. The Kier molecular flexibility index (Phi) is 10.9. The van der Waals surface area contributed by atoms with Gasteiger partial charge in [-0.1, -0.05) is 0 Å². The van der Waals surface area contributed by atoms with Crippen molar-refractivity contribution in [2.45, 2.75) is 37.4 Å². The predicted molar refractivity (Wildman–Crippen MR) is 108 cm³/mol. The van der Waals surface area contributed by atoms with Crippen LogP contribution in [-0.4, -0.2) is 75.0 Å². The van der Waals surface area contributed by atoms with Crippen LogP contribution in [0.3, 0.4) is 0 Å². The highest BCUT2D eigenvalue weighted by molar-refractivity contribution is 7.98. The van der Waals surface area contributed by atoms with Gasteiger partial charge < -0.3 is 26.5 Å². The van der Waals surface area contributed by atoms with Crippen LogP contribution in [0.25, 0.3) is 0 Å². The lowest BCUT2D eigenvalue weighted by Gasteiger charge is -2.22. The van der Waals surface area contributed by atoms with Crippen LogP contribution >= 0.6 is 23.5 Å². The van der Waals surface area contributed by atoms with E-state index in [1.165, 1.54) is 24.3 Å². The van der Waals surface area contributed by atoms with Gasteiger partial charge in [0.2, 0.25) is 11.8 Å². The zero-order valence-electron chi connectivity index (χ0n) is 15.4. The molecule has 0 radical (unpaired) electrons. The van der Waals surface area contributed by atoms with Crippen molar-refractivity contribution in [3.63, 3.8) is 0 Å². The quantitative estimate of drug-likeness (QED) is 0.297. The SMILES string of the molecule is CSCCC(N)C(=O)NC(CCSC)C(=O)NC(Cc1cnc[nH]1)C(=O)O. The Bertz CT molecular complexity index is 600. The van der Waals surface area contributed by atoms with Gasteiger partial charge in [0.15, 0.2) is 0 Å². The number of carbonyl (C=O) groups excluding carboxylic acids is 2. The fraction of sp³-hybridized carbons (Fsp3) is 0.625. The lowest BCUT2D eigenvalue weighted by Crippen LogP contribution is -2.55. The molecule has 0 saturated carbocycles. The average Bonchev–Trinajstić information content (AvgIpc) is 3.15. The van der Waals surface area contributed by atoms with Gasteiger partial charge in [-0.2, -0.15) is 23.5 Å². The molecule has 1 aromatic rings. The Labute approximate surface area is 167 Å². The number of H-pyrrole nitrogens is 1. The molecule has 0 aliphatic heterocycles. The third-order valence-electron chi connectivity index (χ3n) is 3.81. The van der Waals surface area contributed by atoms with Crippen LogP contribution in [0.1, 0.15) is 18.5 Å². The third kappa shape index (κ3) is 8.67. The molecule has 0 saturated heterocycles. The van der Waals surface area contributed by atoms with E-state index in [2.05, 4.69) is 20.6 Å². The van der Waals surface area contributed by atoms with Crippen molar-refractivity contribution >= 4 is 41.3 Å². The fourth-order valence-electron chi connectivity index (χ4n) is 2.25. The molecule has 9 nitrogen and oxygen atoms in total. The molecule has 1 rings (SSSR count). The van der Waals surface area contributed by atoms with Crippen molar-refractivity contribution in [2.24, 2.45) is 5.73 Å². The molecule has 0 fully saturated rings. The van der Waals surface area contributed by atoms with Crippen LogP contribution in [0, 0.1) is 0 Å². The second kappa shape index (κ2) is 12.6. The summed E-state index contributed by atoms with van der Waals surface area (Å²) in [6.07, 6.45) is 7.70. The number of nitrogens with two attached hydrogens (primary N) is 1. The van der Waals surface area contributed by atoms with Gasteiger partial charge in [-0.25, -0.2) is 9.78 Å². The van der Waals surface area contributed by atoms with Crippen molar-refractivity contribution in [1.29, 1.82) is 0 Å². The zero-order valence-corrected chi connectivity index (χ0v) is 17.1. The number of amides is 2. The molecule has 0 aliphatic rings. The highest BCUT2D eigenvalue weighted by Crippen LogP contribution is 2.05. The molecule has 152 valence electrons. The number of hydrogen-bond donors (Lipinski definition) is 5. The molecule has 0 aromatic carbocycles. The van der Waals surface area contributed by atoms with E-state index in [0.717, 1.165) is 5.75 Å². The van der Waals surface area contributed by atoms with E-state index in [1.807, 2.05) is 12.5 Å². The maximum absolute atomic E-state index is 12.6. The summed E-state index contributed by atoms with van der Waals surface area (Å²) < 4.78 is 0. The summed E-state index contributed by atoms with van der Waals surface area (Å²) in [5.41, 5.74) is 6.44. The summed E-state index contributed by atoms with van der Waals surface area (Å²) in [5, 5.41) is 14.5. The fourth-order valence-corrected chi connectivity index (χ4v) is 3.21. The number of carboxylic acids is 1. The first-order valence-corrected chi connectivity index (χ1v) is 11.2. The van der Waals surface area contributed by atoms with E-state index in [4.69, 9.17) is 5.73 Å². The van der Waals surface area contributed by atoms with Crippen LogP contribution in [0.5, 0.6) is 0 Å². The molecule has 11 heteroatoms. The largest absolute Gasteiger partial charge is 0.480 e. The molecule has 0 aliphatic carbocycles. The molecule has 2 amide bonds. The van der Waals surface area contributed by atoms with Gasteiger partial charge in [0.25, 0.3) is 0 Å². The van der Waals surface area contributed by atoms with E-state index < -0.39 is 35.9 Å². The number of imidazole rings is 1. The summed E-state index contributed by atoms with van der Waals surface area (Å²) in [5.74, 6) is -0.741. The van der Waals surface area contributed by atoms with Gasteiger partial charge in [-0.3, -0.25) is 9.59 Å². The molecule has 27 heavy (non-hydrogen) atoms. The first-order valence-electron chi connectivity index (χ1n) is 8.43. The second-order valence-electron chi connectivity index (χ2n) is 5.91. The van der Waals surface area contributed by atoms with Gasteiger partial charge >= 0.3 is 5.97 Å². The molecule has 0 spiro atoms. The van der Waals surface area contributed by atoms with Crippen molar-refractivity contribution in [2.75, 3.05) is 24.0 Å². The van der Waals surface area contributed by atoms with Crippen molar-refractivity contribution in [3.05, 3.63) is 18.2 Å². The topological polar surface area (TPSA) is 150 Å². The molecule has 3 unspecified atom stereocenters. The summed E-state index contributed by atoms with van der Waals surface area (Å²) in [7, 11) is 0. The molecule has 1 heterocycles. The molecule has 0 bridgehead atoms. The Morgan fingerprint density at radius 3 is 2.33 bits per heavy atom. The van der Waals surface area contributed by atoms with Crippen molar-refractivity contribution in [3.8, 4) is 0 Å². The Morgan fingerprint density at radius 2 is 1.78 bits per heavy atom. The monoisotopic (exact) mass is 417 g/mol. The second-order valence-corrected chi connectivity index (χ2v) is 7.88. The number of nitrogens with zero attached hydrogens (tertiary/aromatic N) is 1. The average molecular weight is 418 g/mol. The van der Waals surface area contributed by atoms with Gasteiger partial charge in [0.1, 0.15) is 12.1 Å². The van der Waals surface area contributed by atoms with Crippen LogP contribution < -0.4 is 16.4 Å². The maximum atomic E-state index is 12.6. The van der Waals surface area contributed by atoms with Crippen molar-refractivity contribution in [1.82, 2.24) is 20.6 Å². The number of aromatic amines is 1. The van der Waals surface area contributed by atoms with E-state index in [-0.39, 0.29) is 6.42 Å². The summed E-state index contributed by atoms with van der Waals surface area (Å²) in [6, 6.07) is -2.67. The number of nitrogens with one attached hydrogen (secondary N) is 3. The number of thioether (sulfide) groups is 2. The minimum Gasteiger partial charge on any atom is -0.480 e. The lowest BCUT2D eigenvalue weighted by atomic mass is 10.1. The molecule has 1 aromatic heterocycles. The highest BCUT2D eigenvalue weighted by Gasteiger charge is 2.28. The molecule has 3 atom stereocenters. The Morgan fingerprint density at radius 1 is 1.15 bits per heavy atom. The van der Waals surface area contributed by atoms with E-state index in [1.54, 1.807) is 11.8 Å².